The number of carbonyl (C=O) groups excluding carboxylic acids is 3. The first kappa shape index (κ1) is 60.1. The summed E-state index contributed by atoms with van der Waals surface area (Å²) in [7, 11) is 0. The van der Waals surface area contributed by atoms with E-state index in [0.717, 1.165) is 96.3 Å². The van der Waals surface area contributed by atoms with Crippen molar-refractivity contribution in [2.24, 2.45) is 0 Å². The molecule has 0 rings (SSSR count). The molecule has 64 heavy (non-hydrogen) atoms. The quantitative estimate of drug-likeness (QED) is 0.0262. The SMILES string of the molecule is CC/C=C\C/C=C\CCCCCCCC(=O)OCC(COC(=O)CCC/C=C\C/C=C\C/C=C\C/C=C\CCCCC)OC(=O)CCC/C=C\C/C=C\C/C=C\CCCCCCCC. The minimum absolute atomic E-state index is 0.125. The highest BCUT2D eigenvalue weighted by Gasteiger charge is 2.19. The van der Waals surface area contributed by atoms with Gasteiger partial charge in [-0.15, -0.1) is 0 Å². The predicted octanol–water partition coefficient (Wildman–Crippen LogP) is 17.1. The average molecular weight is 887 g/mol. The smallest absolute Gasteiger partial charge is 0.306 e. The van der Waals surface area contributed by atoms with E-state index in [2.05, 4.69) is 130 Å². The third kappa shape index (κ3) is 49.1. The Morgan fingerprint density at radius 3 is 1.05 bits per heavy atom. The normalized spacial score (nSPS) is 13.0. The molecule has 0 aliphatic carbocycles. The molecule has 0 bridgehead atoms. The van der Waals surface area contributed by atoms with E-state index in [1.54, 1.807) is 0 Å². The van der Waals surface area contributed by atoms with Gasteiger partial charge in [0.15, 0.2) is 6.10 Å². The van der Waals surface area contributed by atoms with E-state index < -0.39 is 6.10 Å². The molecule has 0 spiro atoms. The second-order valence-corrected chi connectivity index (χ2v) is 16.7. The predicted molar refractivity (Wildman–Crippen MR) is 274 cm³/mol. The lowest BCUT2D eigenvalue weighted by Gasteiger charge is -2.18. The molecule has 6 nitrogen and oxygen atoms in total. The fourth-order valence-electron chi connectivity index (χ4n) is 6.60. The van der Waals surface area contributed by atoms with Crippen molar-refractivity contribution in [1.29, 1.82) is 0 Å². The van der Waals surface area contributed by atoms with Crippen LogP contribution in [-0.4, -0.2) is 37.2 Å². The molecule has 0 N–H and O–H groups in total. The van der Waals surface area contributed by atoms with Crippen molar-refractivity contribution in [3.63, 3.8) is 0 Å². The third-order valence-corrected chi connectivity index (χ3v) is 10.5. The summed E-state index contributed by atoms with van der Waals surface area (Å²) in [6.45, 7) is 6.37. The fraction of sp³-hybridized carbons (Fsp3) is 0.638. The van der Waals surface area contributed by atoms with Crippen LogP contribution in [0.25, 0.3) is 0 Å². The highest BCUT2D eigenvalue weighted by atomic mass is 16.6. The second-order valence-electron chi connectivity index (χ2n) is 16.7. The summed E-state index contributed by atoms with van der Waals surface area (Å²) in [5.74, 6) is -1.06. The molecule has 0 amide bonds. The zero-order chi connectivity index (χ0) is 46.5. The molecule has 0 aromatic rings. The van der Waals surface area contributed by atoms with Crippen molar-refractivity contribution in [2.75, 3.05) is 13.2 Å². The maximum absolute atomic E-state index is 12.8. The Kier molecular flexibility index (Phi) is 48.5. The first-order valence-corrected chi connectivity index (χ1v) is 25.9. The lowest BCUT2D eigenvalue weighted by atomic mass is 10.1. The van der Waals surface area contributed by atoms with Gasteiger partial charge in [0.2, 0.25) is 0 Å². The number of allylic oxidation sites excluding steroid dienone is 18. The molecule has 0 saturated carbocycles. The summed E-state index contributed by atoms with van der Waals surface area (Å²) < 4.78 is 16.7. The van der Waals surface area contributed by atoms with E-state index in [4.69, 9.17) is 14.2 Å². The van der Waals surface area contributed by atoms with E-state index in [9.17, 15) is 14.4 Å². The van der Waals surface area contributed by atoms with E-state index >= 15 is 0 Å². The number of unbranched alkanes of at least 4 members (excludes halogenated alkanes) is 16. The number of hydrogen-bond donors (Lipinski definition) is 0. The molecule has 362 valence electrons. The average Bonchev–Trinajstić information content (AvgIpc) is 3.29. The molecule has 0 aromatic heterocycles. The van der Waals surface area contributed by atoms with Crippen molar-refractivity contribution < 1.29 is 28.6 Å². The van der Waals surface area contributed by atoms with Gasteiger partial charge in [0.05, 0.1) is 0 Å². The van der Waals surface area contributed by atoms with Crippen LogP contribution in [-0.2, 0) is 28.6 Å². The number of rotatable bonds is 45. The van der Waals surface area contributed by atoms with Crippen molar-refractivity contribution >= 4 is 17.9 Å². The Morgan fingerprint density at radius 1 is 0.328 bits per heavy atom. The van der Waals surface area contributed by atoms with Gasteiger partial charge in [-0.1, -0.05) is 194 Å². The Bertz CT molecular complexity index is 1340. The van der Waals surface area contributed by atoms with Gasteiger partial charge in [-0.05, 0) is 116 Å². The van der Waals surface area contributed by atoms with E-state index in [1.807, 2.05) is 0 Å². The van der Waals surface area contributed by atoms with Crippen LogP contribution in [0.1, 0.15) is 220 Å². The number of hydrogen-bond acceptors (Lipinski definition) is 6. The standard InChI is InChI=1S/C58H94O6/c1-4-7-10-13-16-19-22-25-27-29-31-33-36-39-42-45-48-51-57(60)63-54-55(53-62-56(59)50-47-44-41-38-35-24-21-18-15-12-9-6-3)64-58(61)52-49-46-43-40-37-34-32-30-28-26-23-20-17-14-11-8-5-2/h9,12,16,18-19,21,25-28,31-34,39-40,42-43,55H,4-8,10-11,13-15,17,20,22-24,29-30,35-38,41,44-54H2,1-3H3/b12-9-,19-16-,21-18-,27-25-,28-26-,33-31-,34-32-,42-39-,43-40-. The molecule has 0 aliphatic heterocycles. The lowest BCUT2D eigenvalue weighted by Crippen LogP contribution is -2.30. The first-order chi connectivity index (χ1) is 31.5. The van der Waals surface area contributed by atoms with Crippen LogP contribution in [0, 0.1) is 0 Å². The maximum Gasteiger partial charge on any atom is 0.306 e. The minimum Gasteiger partial charge on any atom is -0.462 e. The van der Waals surface area contributed by atoms with Crippen LogP contribution in [0.5, 0.6) is 0 Å². The maximum atomic E-state index is 12.8. The van der Waals surface area contributed by atoms with Gasteiger partial charge in [0, 0.05) is 19.3 Å². The Morgan fingerprint density at radius 2 is 0.625 bits per heavy atom. The van der Waals surface area contributed by atoms with Crippen LogP contribution in [0.2, 0.25) is 0 Å². The fourth-order valence-corrected chi connectivity index (χ4v) is 6.60. The molecule has 0 heterocycles. The van der Waals surface area contributed by atoms with Crippen LogP contribution in [0.15, 0.2) is 109 Å². The summed E-state index contributed by atoms with van der Waals surface area (Å²) in [4.78, 5) is 37.9. The molecule has 0 fully saturated rings. The minimum atomic E-state index is -0.833. The summed E-state index contributed by atoms with van der Waals surface area (Å²) in [5, 5.41) is 0. The largest absolute Gasteiger partial charge is 0.462 e. The highest BCUT2D eigenvalue weighted by Crippen LogP contribution is 2.11. The molecule has 0 radical (unpaired) electrons. The number of esters is 3. The Balaban J connectivity index is 4.58. The van der Waals surface area contributed by atoms with Crippen molar-refractivity contribution in [3.8, 4) is 0 Å². The summed E-state index contributed by atoms with van der Waals surface area (Å²) in [5.41, 5.74) is 0. The van der Waals surface area contributed by atoms with Crippen LogP contribution in [0.4, 0.5) is 0 Å². The molecular weight excluding hydrogens is 793 g/mol. The molecule has 0 aromatic carbocycles. The highest BCUT2D eigenvalue weighted by molar-refractivity contribution is 5.71. The van der Waals surface area contributed by atoms with Gasteiger partial charge in [0.1, 0.15) is 13.2 Å². The topological polar surface area (TPSA) is 78.9 Å². The van der Waals surface area contributed by atoms with Gasteiger partial charge in [-0.2, -0.15) is 0 Å². The molecule has 6 heteroatoms. The van der Waals surface area contributed by atoms with Gasteiger partial charge in [-0.25, -0.2) is 0 Å². The summed E-state index contributed by atoms with van der Waals surface area (Å²) >= 11 is 0. The number of carbonyl (C=O) groups is 3. The van der Waals surface area contributed by atoms with Gasteiger partial charge in [-0.3, -0.25) is 14.4 Å². The zero-order valence-electron chi connectivity index (χ0n) is 41.3. The molecule has 1 unspecified atom stereocenters. The second kappa shape index (κ2) is 51.7. The first-order valence-electron chi connectivity index (χ1n) is 25.9. The van der Waals surface area contributed by atoms with Crippen LogP contribution < -0.4 is 0 Å². The van der Waals surface area contributed by atoms with Gasteiger partial charge < -0.3 is 14.2 Å². The number of ether oxygens (including phenoxy) is 3. The molecule has 0 saturated heterocycles. The van der Waals surface area contributed by atoms with Crippen molar-refractivity contribution in [2.45, 2.75) is 226 Å². The van der Waals surface area contributed by atoms with Crippen molar-refractivity contribution in [3.05, 3.63) is 109 Å². The monoisotopic (exact) mass is 887 g/mol. The van der Waals surface area contributed by atoms with Crippen LogP contribution >= 0.6 is 0 Å². The zero-order valence-corrected chi connectivity index (χ0v) is 41.3. The van der Waals surface area contributed by atoms with Crippen molar-refractivity contribution in [1.82, 2.24) is 0 Å². The summed E-state index contributed by atoms with van der Waals surface area (Å²) in [6, 6.07) is 0. The van der Waals surface area contributed by atoms with Gasteiger partial charge >= 0.3 is 17.9 Å². The Hall–Kier alpha value is -3.93. The molecule has 1 atom stereocenters. The Labute approximate surface area is 393 Å². The molecule has 0 aliphatic rings. The molecular formula is C58H94O6. The lowest BCUT2D eigenvalue weighted by molar-refractivity contribution is -0.167. The van der Waals surface area contributed by atoms with E-state index in [0.29, 0.717) is 19.3 Å². The van der Waals surface area contributed by atoms with E-state index in [1.165, 1.54) is 70.6 Å². The third-order valence-electron chi connectivity index (χ3n) is 10.5. The van der Waals surface area contributed by atoms with E-state index in [-0.39, 0.29) is 44.0 Å². The summed E-state index contributed by atoms with van der Waals surface area (Å²) in [6.07, 6.45) is 69.4. The van der Waals surface area contributed by atoms with Gasteiger partial charge in [0.25, 0.3) is 0 Å². The van der Waals surface area contributed by atoms with Crippen LogP contribution in [0.3, 0.4) is 0 Å².